The predicted molar refractivity (Wildman–Crippen MR) is 132 cm³/mol. The molecule has 4 heterocycles. The van der Waals surface area contributed by atoms with Crippen LogP contribution >= 0.6 is 0 Å². The largest absolute Gasteiger partial charge is 0.388 e. The van der Waals surface area contributed by atoms with E-state index in [0.29, 0.717) is 17.9 Å². The number of aliphatic hydroxyl groups excluding tert-OH is 1. The average Bonchev–Trinajstić information content (AvgIpc) is 3.17. The molecule has 0 amide bonds. The number of ether oxygens (including phenoxy) is 3. The smallest absolute Gasteiger partial charge is 0.199 e. The van der Waals surface area contributed by atoms with E-state index in [9.17, 15) is 10.2 Å². The molecule has 0 aromatic carbocycles. The maximum absolute atomic E-state index is 12.4. The maximum Gasteiger partial charge on any atom is 0.199 e. The van der Waals surface area contributed by atoms with Crippen molar-refractivity contribution in [2.75, 3.05) is 6.61 Å². The lowest BCUT2D eigenvalue weighted by molar-refractivity contribution is -0.280. The molecule has 2 spiro atoms. The first kappa shape index (κ1) is 23.6. The van der Waals surface area contributed by atoms with Gasteiger partial charge in [0.05, 0.1) is 24.4 Å². The van der Waals surface area contributed by atoms with Gasteiger partial charge in [0.15, 0.2) is 5.79 Å². The number of hydrogen-bond donors (Lipinski definition) is 2. The monoisotopic (exact) mass is 486 g/mol. The van der Waals surface area contributed by atoms with Gasteiger partial charge in [-0.3, -0.25) is 0 Å². The molecule has 4 aliphatic carbocycles. The third-order valence-electron chi connectivity index (χ3n) is 13.0. The molecule has 0 aromatic heterocycles. The fourth-order valence-corrected chi connectivity index (χ4v) is 11.5. The first-order chi connectivity index (χ1) is 16.2. The third kappa shape index (κ3) is 2.41. The SMILES string of the molecule is CC1CC2OC3(OC2C(C)(C)O)C(O)C2(C)C4=C(CC[C@]2(C)C13)C12CCC(OC1)C(C)(C)[C@H]2CC4. The summed E-state index contributed by atoms with van der Waals surface area (Å²) in [6, 6.07) is 0. The lowest BCUT2D eigenvalue weighted by Gasteiger charge is -2.66. The second-order valence-electron chi connectivity index (χ2n) is 15.1. The Morgan fingerprint density at radius 1 is 0.971 bits per heavy atom. The van der Waals surface area contributed by atoms with E-state index in [2.05, 4.69) is 34.6 Å². The number of fused-ring (bicyclic) bond motifs is 6. The Morgan fingerprint density at radius 2 is 1.71 bits per heavy atom. The summed E-state index contributed by atoms with van der Waals surface area (Å²) in [6.07, 6.45) is 6.73. The van der Waals surface area contributed by atoms with Crippen molar-refractivity contribution >= 4 is 0 Å². The summed E-state index contributed by atoms with van der Waals surface area (Å²) < 4.78 is 20.1. The standard InChI is InChI=1S/C30H46O5/c1-16-14-19-23(26(4,5)32)35-30(34-19)22(16)27(6)12-10-18-17(28(27,7)24(30)31)8-9-20-25(2,3)21-11-13-29(18,20)15-33-21/h16,19-24,31-32H,8-15H2,1-7H3/t16?,19?,20-,21?,22?,23?,24?,27-,28?,29?,30?/m1/s1. The summed E-state index contributed by atoms with van der Waals surface area (Å²) in [5.41, 5.74) is 1.93. The highest BCUT2D eigenvalue weighted by molar-refractivity contribution is 5.43. The molecule has 4 saturated heterocycles. The van der Waals surface area contributed by atoms with Gasteiger partial charge in [0, 0.05) is 16.7 Å². The summed E-state index contributed by atoms with van der Waals surface area (Å²) in [6.45, 7) is 16.4. The molecule has 4 bridgehead atoms. The van der Waals surface area contributed by atoms with Gasteiger partial charge in [-0.25, -0.2) is 0 Å². The Labute approximate surface area is 211 Å². The fraction of sp³-hybridized carbons (Fsp3) is 0.933. The summed E-state index contributed by atoms with van der Waals surface area (Å²) >= 11 is 0. The Morgan fingerprint density at radius 3 is 2.37 bits per heavy atom. The van der Waals surface area contributed by atoms with E-state index < -0.39 is 29.0 Å². The summed E-state index contributed by atoms with van der Waals surface area (Å²) in [4.78, 5) is 0. The lowest BCUT2D eigenvalue weighted by Crippen LogP contribution is -2.63. The zero-order valence-corrected chi connectivity index (χ0v) is 22.8. The molecule has 196 valence electrons. The average molecular weight is 487 g/mol. The molecule has 0 aromatic rings. The highest BCUT2D eigenvalue weighted by Crippen LogP contribution is 2.77. The molecule has 8 aliphatic rings. The molecule has 35 heavy (non-hydrogen) atoms. The molecule has 4 aliphatic heterocycles. The molecule has 2 N–H and O–H groups in total. The normalized spacial score (nSPS) is 58.0. The molecule has 0 radical (unpaired) electrons. The summed E-state index contributed by atoms with van der Waals surface area (Å²) in [5, 5.41) is 23.4. The van der Waals surface area contributed by atoms with Gasteiger partial charge in [0.25, 0.3) is 0 Å². The van der Waals surface area contributed by atoms with Crippen LogP contribution in [-0.2, 0) is 14.2 Å². The van der Waals surface area contributed by atoms with Crippen molar-refractivity contribution in [1.82, 2.24) is 0 Å². The van der Waals surface area contributed by atoms with E-state index in [-0.39, 0.29) is 28.3 Å². The van der Waals surface area contributed by atoms with Crippen LogP contribution < -0.4 is 0 Å². The molecular weight excluding hydrogens is 440 g/mol. The second-order valence-corrected chi connectivity index (χ2v) is 15.1. The Bertz CT molecular complexity index is 985. The second kappa shape index (κ2) is 6.57. The van der Waals surface area contributed by atoms with Gasteiger partial charge in [-0.05, 0) is 81.5 Å². The Balaban J connectivity index is 1.39. The molecule has 5 nitrogen and oxygen atoms in total. The topological polar surface area (TPSA) is 68.2 Å². The molecule has 2 saturated carbocycles. The van der Waals surface area contributed by atoms with Crippen LogP contribution in [0.2, 0.25) is 0 Å². The quantitative estimate of drug-likeness (QED) is 0.511. The third-order valence-corrected chi connectivity index (χ3v) is 13.0. The van der Waals surface area contributed by atoms with Crippen molar-refractivity contribution in [2.45, 2.75) is 129 Å². The van der Waals surface area contributed by atoms with Crippen molar-refractivity contribution in [3.05, 3.63) is 11.1 Å². The van der Waals surface area contributed by atoms with Crippen LogP contribution in [-0.4, -0.2) is 52.6 Å². The zero-order valence-electron chi connectivity index (χ0n) is 22.8. The van der Waals surface area contributed by atoms with Crippen LogP contribution in [0.4, 0.5) is 0 Å². The Hall–Kier alpha value is -0.460. The van der Waals surface area contributed by atoms with Crippen molar-refractivity contribution < 1.29 is 24.4 Å². The number of hydrogen-bond acceptors (Lipinski definition) is 5. The van der Waals surface area contributed by atoms with Crippen LogP contribution in [0.25, 0.3) is 0 Å². The molecule has 11 atom stereocenters. The van der Waals surface area contributed by atoms with Crippen LogP contribution in [0.3, 0.4) is 0 Å². The van der Waals surface area contributed by atoms with E-state index in [1.54, 1.807) is 5.57 Å². The van der Waals surface area contributed by atoms with E-state index >= 15 is 0 Å². The first-order valence-electron chi connectivity index (χ1n) is 14.3. The van der Waals surface area contributed by atoms with Crippen molar-refractivity contribution in [2.24, 2.45) is 39.4 Å². The highest BCUT2D eigenvalue weighted by atomic mass is 16.8. The Kier molecular flexibility index (Phi) is 4.44. The van der Waals surface area contributed by atoms with E-state index in [1.165, 1.54) is 18.4 Å². The van der Waals surface area contributed by atoms with Crippen LogP contribution in [0.5, 0.6) is 0 Å². The van der Waals surface area contributed by atoms with Gasteiger partial charge < -0.3 is 24.4 Å². The van der Waals surface area contributed by atoms with E-state index in [4.69, 9.17) is 14.2 Å². The van der Waals surface area contributed by atoms with Crippen molar-refractivity contribution in [3.63, 3.8) is 0 Å². The highest BCUT2D eigenvalue weighted by Gasteiger charge is 2.80. The van der Waals surface area contributed by atoms with Crippen LogP contribution in [0, 0.1) is 39.4 Å². The number of aliphatic hydroxyl groups is 2. The van der Waals surface area contributed by atoms with Gasteiger partial charge in [0.1, 0.15) is 12.2 Å². The summed E-state index contributed by atoms with van der Waals surface area (Å²) in [7, 11) is 0. The minimum atomic E-state index is -1.03. The van der Waals surface area contributed by atoms with Gasteiger partial charge in [-0.1, -0.05) is 45.8 Å². The van der Waals surface area contributed by atoms with E-state index in [0.717, 1.165) is 38.7 Å². The fourth-order valence-electron chi connectivity index (χ4n) is 11.5. The predicted octanol–water partition coefficient (Wildman–Crippen LogP) is 4.99. The molecule has 5 heteroatoms. The first-order valence-corrected chi connectivity index (χ1v) is 14.3. The zero-order chi connectivity index (χ0) is 25.0. The molecule has 8 rings (SSSR count). The van der Waals surface area contributed by atoms with E-state index in [1.807, 2.05) is 13.8 Å². The maximum atomic E-state index is 12.4. The summed E-state index contributed by atoms with van der Waals surface area (Å²) in [5.74, 6) is 0.104. The van der Waals surface area contributed by atoms with Gasteiger partial charge >= 0.3 is 0 Å². The minimum Gasteiger partial charge on any atom is -0.388 e. The van der Waals surface area contributed by atoms with Crippen LogP contribution in [0.1, 0.15) is 93.4 Å². The van der Waals surface area contributed by atoms with Gasteiger partial charge in [0.2, 0.25) is 0 Å². The molecule has 6 fully saturated rings. The van der Waals surface area contributed by atoms with Gasteiger partial charge in [-0.15, -0.1) is 0 Å². The number of rotatable bonds is 1. The van der Waals surface area contributed by atoms with Crippen molar-refractivity contribution in [1.29, 1.82) is 0 Å². The molecule has 9 unspecified atom stereocenters. The minimum absolute atomic E-state index is 0.109. The van der Waals surface area contributed by atoms with Gasteiger partial charge in [-0.2, -0.15) is 0 Å². The molecular formula is C30H46O5. The lowest BCUT2D eigenvalue weighted by atomic mass is 9.42. The van der Waals surface area contributed by atoms with Crippen molar-refractivity contribution in [3.8, 4) is 0 Å². The van der Waals surface area contributed by atoms with Crippen LogP contribution in [0.15, 0.2) is 11.1 Å².